The van der Waals surface area contributed by atoms with E-state index < -0.39 is 0 Å². The first-order valence-electron chi connectivity index (χ1n) is 8.80. The van der Waals surface area contributed by atoms with Crippen LogP contribution in [-0.2, 0) is 0 Å². The van der Waals surface area contributed by atoms with E-state index in [0.29, 0.717) is 12.5 Å². The van der Waals surface area contributed by atoms with Gasteiger partial charge in [-0.25, -0.2) is 4.79 Å². The molecular formula is C19H30N2O3. The normalized spacial score (nSPS) is 21.8. The smallest absolute Gasteiger partial charge is 0.317 e. The van der Waals surface area contributed by atoms with Crippen LogP contribution in [0.3, 0.4) is 0 Å². The van der Waals surface area contributed by atoms with Gasteiger partial charge in [0.1, 0.15) is 5.75 Å². The van der Waals surface area contributed by atoms with Crippen LogP contribution >= 0.6 is 0 Å². The van der Waals surface area contributed by atoms with Crippen molar-refractivity contribution < 1.29 is 14.6 Å². The van der Waals surface area contributed by atoms with E-state index in [0.717, 1.165) is 17.2 Å². The monoisotopic (exact) mass is 334 g/mol. The minimum atomic E-state index is -0.360. The van der Waals surface area contributed by atoms with Crippen LogP contribution in [0, 0.1) is 11.8 Å². The van der Waals surface area contributed by atoms with Crippen LogP contribution in [0.4, 0.5) is 4.79 Å². The lowest BCUT2D eigenvalue weighted by molar-refractivity contribution is 0.147. The highest BCUT2D eigenvalue weighted by Crippen LogP contribution is 2.28. The van der Waals surface area contributed by atoms with Gasteiger partial charge in [-0.1, -0.05) is 31.9 Å². The Kier molecular flexibility index (Phi) is 6.91. The van der Waals surface area contributed by atoms with E-state index in [1.807, 2.05) is 24.3 Å². The number of carbonyl (C=O) groups excluding carboxylic acids is 1. The number of rotatable bonds is 6. The van der Waals surface area contributed by atoms with E-state index in [2.05, 4.69) is 12.2 Å². The molecule has 1 fully saturated rings. The van der Waals surface area contributed by atoms with Crippen molar-refractivity contribution in [2.45, 2.75) is 38.6 Å². The lowest BCUT2D eigenvalue weighted by Gasteiger charge is -2.30. The summed E-state index contributed by atoms with van der Waals surface area (Å²) in [6, 6.07) is 6.95. The largest absolute Gasteiger partial charge is 0.497 e. The first-order valence-corrected chi connectivity index (χ1v) is 8.80. The molecule has 0 saturated heterocycles. The fourth-order valence-electron chi connectivity index (χ4n) is 3.52. The number of carbonyl (C=O) groups is 1. The summed E-state index contributed by atoms with van der Waals surface area (Å²) >= 11 is 0. The summed E-state index contributed by atoms with van der Waals surface area (Å²) in [5.74, 6) is 2.08. The van der Waals surface area contributed by atoms with Gasteiger partial charge in [0, 0.05) is 13.6 Å². The quantitative estimate of drug-likeness (QED) is 0.840. The molecule has 2 amide bonds. The van der Waals surface area contributed by atoms with Crippen molar-refractivity contribution in [1.29, 1.82) is 0 Å². The molecule has 3 unspecified atom stereocenters. The van der Waals surface area contributed by atoms with Crippen molar-refractivity contribution in [1.82, 2.24) is 10.2 Å². The zero-order chi connectivity index (χ0) is 17.5. The van der Waals surface area contributed by atoms with Crippen LogP contribution in [0.25, 0.3) is 0 Å². The SMILES string of the molecule is COc1ccc(C(CO)N(C)C(=O)NCC2CCCC(C)C2)cc1. The van der Waals surface area contributed by atoms with Gasteiger partial charge in [0.05, 0.1) is 19.8 Å². The van der Waals surface area contributed by atoms with Gasteiger partial charge in [-0.3, -0.25) is 0 Å². The lowest BCUT2D eigenvalue weighted by atomic mass is 9.82. The molecule has 24 heavy (non-hydrogen) atoms. The third-order valence-electron chi connectivity index (χ3n) is 5.05. The molecule has 1 saturated carbocycles. The molecule has 1 aromatic rings. The molecule has 0 aliphatic heterocycles. The number of benzene rings is 1. The third-order valence-corrected chi connectivity index (χ3v) is 5.05. The number of aliphatic hydroxyl groups excluding tert-OH is 1. The predicted molar refractivity (Wildman–Crippen MR) is 95.1 cm³/mol. The van der Waals surface area contributed by atoms with E-state index in [1.54, 1.807) is 19.1 Å². The average molecular weight is 334 g/mol. The number of urea groups is 1. The molecule has 134 valence electrons. The topological polar surface area (TPSA) is 61.8 Å². The fraction of sp³-hybridized carbons (Fsp3) is 0.632. The Bertz CT molecular complexity index is 518. The van der Waals surface area contributed by atoms with Gasteiger partial charge in [-0.2, -0.15) is 0 Å². The average Bonchev–Trinajstić information content (AvgIpc) is 2.61. The molecule has 1 aliphatic rings. The van der Waals surface area contributed by atoms with Crippen LogP contribution in [0.15, 0.2) is 24.3 Å². The van der Waals surface area contributed by atoms with Gasteiger partial charge in [-0.05, 0) is 42.4 Å². The van der Waals surface area contributed by atoms with Crippen LogP contribution < -0.4 is 10.1 Å². The molecule has 0 bridgehead atoms. The molecule has 0 aromatic heterocycles. The molecule has 3 atom stereocenters. The number of amides is 2. The highest BCUT2D eigenvalue weighted by Gasteiger charge is 2.23. The molecular weight excluding hydrogens is 304 g/mol. The molecule has 1 aliphatic carbocycles. The molecule has 2 rings (SSSR count). The Labute approximate surface area is 145 Å². The zero-order valence-electron chi connectivity index (χ0n) is 15.0. The van der Waals surface area contributed by atoms with Crippen molar-refractivity contribution in [3.63, 3.8) is 0 Å². The molecule has 0 spiro atoms. The maximum Gasteiger partial charge on any atom is 0.317 e. The Morgan fingerprint density at radius 1 is 1.38 bits per heavy atom. The van der Waals surface area contributed by atoms with Crippen molar-refractivity contribution in [2.24, 2.45) is 11.8 Å². The second kappa shape index (κ2) is 8.92. The molecule has 1 aromatic carbocycles. The van der Waals surface area contributed by atoms with Gasteiger partial charge in [0.25, 0.3) is 0 Å². The number of methoxy groups -OCH3 is 1. The van der Waals surface area contributed by atoms with Crippen molar-refractivity contribution in [3.05, 3.63) is 29.8 Å². The summed E-state index contributed by atoms with van der Waals surface area (Å²) in [7, 11) is 3.34. The lowest BCUT2D eigenvalue weighted by Crippen LogP contribution is -2.43. The second-order valence-electron chi connectivity index (χ2n) is 6.91. The molecule has 0 radical (unpaired) electrons. The Hall–Kier alpha value is -1.75. The van der Waals surface area contributed by atoms with Crippen LogP contribution in [0.2, 0.25) is 0 Å². The van der Waals surface area contributed by atoms with Gasteiger partial charge in [-0.15, -0.1) is 0 Å². The van der Waals surface area contributed by atoms with Crippen LogP contribution in [-0.4, -0.2) is 43.3 Å². The van der Waals surface area contributed by atoms with Gasteiger partial charge in [0.15, 0.2) is 0 Å². The van der Waals surface area contributed by atoms with Crippen molar-refractivity contribution in [3.8, 4) is 5.75 Å². The molecule has 2 N–H and O–H groups in total. The Morgan fingerprint density at radius 3 is 2.67 bits per heavy atom. The first-order chi connectivity index (χ1) is 11.5. The maximum atomic E-state index is 12.4. The first kappa shape index (κ1) is 18.6. The van der Waals surface area contributed by atoms with Crippen LogP contribution in [0.5, 0.6) is 5.75 Å². The van der Waals surface area contributed by atoms with E-state index in [-0.39, 0.29) is 18.7 Å². The number of likely N-dealkylation sites (N-methyl/N-ethyl adjacent to an activating group) is 1. The van der Waals surface area contributed by atoms with Gasteiger partial charge >= 0.3 is 6.03 Å². The molecule has 0 heterocycles. The summed E-state index contributed by atoms with van der Waals surface area (Å²) < 4.78 is 5.15. The minimum absolute atomic E-state index is 0.114. The number of hydrogen-bond acceptors (Lipinski definition) is 3. The van der Waals surface area contributed by atoms with Crippen molar-refractivity contribution in [2.75, 3.05) is 27.3 Å². The highest BCUT2D eigenvalue weighted by molar-refractivity contribution is 5.74. The van der Waals surface area contributed by atoms with Crippen LogP contribution in [0.1, 0.15) is 44.2 Å². The fourth-order valence-corrected chi connectivity index (χ4v) is 3.52. The Morgan fingerprint density at radius 2 is 2.08 bits per heavy atom. The number of aliphatic hydroxyl groups is 1. The van der Waals surface area contributed by atoms with E-state index >= 15 is 0 Å². The second-order valence-corrected chi connectivity index (χ2v) is 6.91. The Balaban J connectivity index is 1.91. The van der Waals surface area contributed by atoms with E-state index in [1.165, 1.54) is 25.7 Å². The minimum Gasteiger partial charge on any atom is -0.497 e. The number of nitrogens with one attached hydrogen (secondary N) is 1. The molecule has 5 nitrogen and oxygen atoms in total. The standard InChI is InChI=1S/C19H30N2O3/c1-14-5-4-6-15(11-14)12-20-19(23)21(2)18(13-22)16-7-9-17(24-3)10-8-16/h7-10,14-15,18,22H,4-6,11-13H2,1-3H3,(H,20,23). The summed E-state index contributed by atoms with van der Waals surface area (Å²) in [5, 5.41) is 12.8. The summed E-state index contributed by atoms with van der Waals surface area (Å²) in [5.41, 5.74) is 0.891. The van der Waals surface area contributed by atoms with E-state index in [9.17, 15) is 9.90 Å². The summed E-state index contributed by atoms with van der Waals surface area (Å²) in [4.78, 5) is 14.0. The molecule has 5 heteroatoms. The highest BCUT2D eigenvalue weighted by atomic mass is 16.5. The van der Waals surface area contributed by atoms with Gasteiger partial charge < -0.3 is 20.1 Å². The number of ether oxygens (including phenoxy) is 1. The predicted octanol–water partition coefficient (Wildman–Crippen LogP) is 3.20. The maximum absolute atomic E-state index is 12.4. The summed E-state index contributed by atoms with van der Waals surface area (Å²) in [6.07, 6.45) is 4.93. The number of nitrogens with zero attached hydrogens (tertiary/aromatic N) is 1. The zero-order valence-corrected chi connectivity index (χ0v) is 15.0. The number of hydrogen-bond donors (Lipinski definition) is 2. The van der Waals surface area contributed by atoms with Crippen molar-refractivity contribution >= 4 is 6.03 Å². The van der Waals surface area contributed by atoms with Gasteiger partial charge in [0.2, 0.25) is 0 Å². The van der Waals surface area contributed by atoms with E-state index in [4.69, 9.17) is 4.74 Å². The third kappa shape index (κ3) is 4.87. The summed E-state index contributed by atoms with van der Waals surface area (Å²) in [6.45, 7) is 2.89.